The molecule has 0 spiro atoms. The monoisotopic (exact) mass is 514 g/mol. The van der Waals surface area contributed by atoms with Gasteiger partial charge in [-0.25, -0.2) is 0 Å². The van der Waals surface area contributed by atoms with E-state index in [-0.39, 0.29) is 0 Å². The average molecular weight is 515 g/mol. The summed E-state index contributed by atoms with van der Waals surface area (Å²) in [6.07, 6.45) is 4.69. The molecule has 0 fully saturated rings. The predicted molar refractivity (Wildman–Crippen MR) is 158 cm³/mol. The molecule has 0 saturated carbocycles. The summed E-state index contributed by atoms with van der Waals surface area (Å²) in [4.78, 5) is 5.28. The van der Waals surface area contributed by atoms with Gasteiger partial charge in [-0.3, -0.25) is 9.80 Å². The molecule has 0 radical (unpaired) electrons. The highest BCUT2D eigenvalue weighted by atomic mass is 16.5. The third kappa shape index (κ3) is 10.2. The SMILES string of the molecule is CC1CCN(Cc2ccccc2)CCCCN(Cc2ccccc2)CCC(C)COc2ccc(cc2)OC1. The molecule has 2 unspecified atom stereocenters. The lowest BCUT2D eigenvalue weighted by molar-refractivity contribution is 0.190. The van der Waals surface area contributed by atoms with Crippen LogP contribution in [-0.4, -0.2) is 49.2 Å². The molecular formula is C34H46N2O2. The van der Waals surface area contributed by atoms with E-state index in [1.165, 1.54) is 24.0 Å². The molecule has 0 saturated heterocycles. The van der Waals surface area contributed by atoms with Gasteiger partial charge in [-0.1, -0.05) is 74.5 Å². The van der Waals surface area contributed by atoms with Crippen molar-refractivity contribution in [2.24, 2.45) is 11.8 Å². The van der Waals surface area contributed by atoms with Gasteiger partial charge < -0.3 is 9.47 Å². The van der Waals surface area contributed by atoms with Gasteiger partial charge in [0.05, 0.1) is 13.2 Å². The van der Waals surface area contributed by atoms with Gasteiger partial charge in [0.2, 0.25) is 0 Å². The van der Waals surface area contributed by atoms with Crippen LogP contribution in [0.2, 0.25) is 0 Å². The molecule has 0 N–H and O–H groups in total. The first-order valence-corrected chi connectivity index (χ1v) is 14.5. The fraction of sp³-hybridized carbons (Fsp3) is 0.471. The summed E-state index contributed by atoms with van der Waals surface area (Å²) in [5.74, 6) is 2.84. The molecule has 2 aliphatic heterocycles. The molecule has 3 aromatic rings. The van der Waals surface area contributed by atoms with Crippen LogP contribution >= 0.6 is 0 Å². The van der Waals surface area contributed by atoms with E-state index in [1.807, 2.05) is 24.3 Å². The van der Waals surface area contributed by atoms with Crippen LogP contribution < -0.4 is 9.47 Å². The van der Waals surface area contributed by atoms with Crippen LogP contribution in [0.3, 0.4) is 0 Å². The highest BCUT2D eigenvalue weighted by Gasteiger charge is 2.13. The molecule has 2 atom stereocenters. The molecule has 2 bridgehead atoms. The van der Waals surface area contributed by atoms with Crippen LogP contribution in [0.1, 0.15) is 50.7 Å². The summed E-state index contributed by atoms with van der Waals surface area (Å²) in [5.41, 5.74) is 2.79. The van der Waals surface area contributed by atoms with E-state index in [0.29, 0.717) is 11.8 Å². The van der Waals surface area contributed by atoms with Gasteiger partial charge >= 0.3 is 0 Å². The normalized spacial score (nSPS) is 21.3. The van der Waals surface area contributed by atoms with Gasteiger partial charge in [-0.2, -0.15) is 0 Å². The second kappa shape index (κ2) is 15.6. The van der Waals surface area contributed by atoms with E-state index in [1.54, 1.807) is 0 Å². The molecular weight excluding hydrogens is 468 g/mol. The Kier molecular flexibility index (Phi) is 11.5. The third-order valence-electron chi connectivity index (χ3n) is 7.47. The number of fused-ring (bicyclic) bond motifs is 17. The number of nitrogens with zero attached hydrogens (tertiary/aromatic N) is 2. The molecule has 4 nitrogen and oxygen atoms in total. The van der Waals surface area contributed by atoms with E-state index in [0.717, 1.165) is 76.8 Å². The fourth-order valence-electron chi connectivity index (χ4n) is 4.98. The van der Waals surface area contributed by atoms with Crippen LogP contribution in [0.15, 0.2) is 84.9 Å². The van der Waals surface area contributed by atoms with Crippen molar-refractivity contribution in [2.75, 3.05) is 39.4 Å². The Morgan fingerprint density at radius 1 is 0.553 bits per heavy atom. The maximum atomic E-state index is 6.11. The zero-order chi connectivity index (χ0) is 26.4. The zero-order valence-electron chi connectivity index (χ0n) is 23.4. The van der Waals surface area contributed by atoms with Gasteiger partial charge in [-0.05, 0) is 99.1 Å². The molecule has 0 amide bonds. The maximum Gasteiger partial charge on any atom is 0.119 e. The second-order valence-electron chi connectivity index (χ2n) is 11.1. The Hall–Kier alpha value is -2.82. The van der Waals surface area contributed by atoms with Crippen LogP contribution in [0.4, 0.5) is 0 Å². The van der Waals surface area contributed by atoms with Crippen LogP contribution in [0, 0.1) is 11.8 Å². The minimum absolute atomic E-state index is 0.497. The van der Waals surface area contributed by atoms with Gasteiger partial charge in [0.1, 0.15) is 11.5 Å². The van der Waals surface area contributed by atoms with Crippen molar-refractivity contribution in [1.82, 2.24) is 9.80 Å². The van der Waals surface area contributed by atoms with Gasteiger partial charge in [0.15, 0.2) is 0 Å². The van der Waals surface area contributed by atoms with Gasteiger partial charge in [0.25, 0.3) is 0 Å². The van der Waals surface area contributed by atoms with Crippen LogP contribution in [0.5, 0.6) is 11.5 Å². The van der Waals surface area contributed by atoms with Crippen molar-refractivity contribution in [2.45, 2.75) is 52.6 Å². The molecule has 38 heavy (non-hydrogen) atoms. The Bertz CT molecular complexity index is 941. The van der Waals surface area contributed by atoms with Crippen molar-refractivity contribution in [3.63, 3.8) is 0 Å². The number of benzene rings is 3. The number of hydrogen-bond donors (Lipinski definition) is 0. The predicted octanol–water partition coefficient (Wildman–Crippen LogP) is 7.29. The summed E-state index contributed by atoms with van der Waals surface area (Å²) < 4.78 is 12.2. The topological polar surface area (TPSA) is 24.9 Å². The lowest BCUT2D eigenvalue weighted by atomic mass is 10.1. The minimum atomic E-state index is 0.497. The summed E-state index contributed by atoms with van der Waals surface area (Å²) in [6.45, 7) is 12.6. The molecule has 2 heterocycles. The molecule has 2 aliphatic rings. The van der Waals surface area contributed by atoms with E-state index in [4.69, 9.17) is 9.47 Å². The molecule has 0 aromatic heterocycles. The highest BCUT2D eigenvalue weighted by molar-refractivity contribution is 5.31. The first-order valence-electron chi connectivity index (χ1n) is 14.5. The summed E-state index contributed by atoms with van der Waals surface area (Å²) in [7, 11) is 0. The summed E-state index contributed by atoms with van der Waals surface area (Å²) in [6, 6.07) is 30.0. The van der Waals surface area contributed by atoms with Crippen LogP contribution in [-0.2, 0) is 13.1 Å². The van der Waals surface area contributed by atoms with Crippen molar-refractivity contribution in [1.29, 1.82) is 0 Å². The fourth-order valence-corrected chi connectivity index (χ4v) is 4.98. The Morgan fingerprint density at radius 2 is 0.947 bits per heavy atom. The standard InChI is InChI=1S/C34H46N2O2/c1-29-19-23-35(25-31-11-5-3-6-12-31)21-9-10-22-36(26-32-13-7-4-8-14-32)24-20-30(2)28-38-34-17-15-33(16-18-34)37-27-29/h3-8,11-18,29-30H,9-10,19-28H2,1-2H3. The average Bonchev–Trinajstić information content (AvgIpc) is 2.95. The maximum absolute atomic E-state index is 6.11. The molecule has 3 aromatic carbocycles. The first kappa shape index (κ1) is 28.2. The summed E-state index contributed by atoms with van der Waals surface area (Å²) in [5, 5.41) is 0. The lowest BCUT2D eigenvalue weighted by Crippen LogP contribution is -2.30. The largest absolute Gasteiger partial charge is 0.493 e. The molecule has 5 rings (SSSR count). The Balaban J connectivity index is 1.42. The van der Waals surface area contributed by atoms with Gasteiger partial charge in [0, 0.05) is 13.1 Å². The smallest absolute Gasteiger partial charge is 0.119 e. The van der Waals surface area contributed by atoms with Crippen molar-refractivity contribution >= 4 is 0 Å². The van der Waals surface area contributed by atoms with Crippen LogP contribution in [0.25, 0.3) is 0 Å². The van der Waals surface area contributed by atoms with Crippen molar-refractivity contribution < 1.29 is 9.47 Å². The number of ether oxygens (including phenoxy) is 2. The van der Waals surface area contributed by atoms with Gasteiger partial charge in [-0.15, -0.1) is 0 Å². The van der Waals surface area contributed by atoms with Crippen molar-refractivity contribution in [3.05, 3.63) is 96.1 Å². The summed E-state index contributed by atoms with van der Waals surface area (Å²) >= 11 is 0. The van der Waals surface area contributed by atoms with E-state index in [9.17, 15) is 0 Å². The number of rotatable bonds is 4. The Morgan fingerprint density at radius 3 is 1.34 bits per heavy atom. The van der Waals surface area contributed by atoms with Crippen molar-refractivity contribution in [3.8, 4) is 11.5 Å². The molecule has 0 aliphatic carbocycles. The quantitative estimate of drug-likeness (QED) is 0.365. The lowest BCUT2D eigenvalue weighted by Gasteiger charge is -2.27. The first-order chi connectivity index (χ1) is 18.6. The highest BCUT2D eigenvalue weighted by Crippen LogP contribution is 2.20. The van der Waals surface area contributed by atoms with E-state index in [2.05, 4.69) is 84.3 Å². The third-order valence-corrected chi connectivity index (χ3v) is 7.47. The van der Waals surface area contributed by atoms with E-state index < -0.39 is 0 Å². The minimum Gasteiger partial charge on any atom is -0.493 e. The second-order valence-corrected chi connectivity index (χ2v) is 11.1. The van der Waals surface area contributed by atoms with E-state index >= 15 is 0 Å². The molecule has 4 heteroatoms. The molecule has 204 valence electrons. The number of hydrogen-bond acceptors (Lipinski definition) is 4. The zero-order valence-corrected chi connectivity index (χ0v) is 23.4. The Labute approximate surface area is 230 Å².